The maximum atomic E-state index is 16.0. The number of nitrogens with two attached hydrogens (primary N) is 1. The number of likely N-dealkylation sites (N-methyl/N-ethyl adjacent to an activating group) is 1. The summed E-state index contributed by atoms with van der Waals surface area (Å²) in [5.74, 6) is -15.8. The smallest absolute Gasteiger partial charge is 0.338 e. The summed E-state index contributed by atoms with van der Waals surface area (Å²) in [5, 5.41) is 67.5. The minimum absolute atomic E-state index is 0.0255. The van der Waals surface area contributed by atoms with Crippen LogP contribution in [0.1, 0.15) is 187 Å². The van der Waals surface area contributed by atoms with Crippen molar-refractivity contribution in [1.29, 1.82) is 0 Å². The van der Waals surface area contributed by atoms with Gasteiger partial charge in [-0.25, -0.2) is 19.2 Å². The Kier molecular flexibility index (Phi) is 31.5. The first-order valence-electron chi connectivity index (χ1n) is 45.3. The molecule has 6 aromatic carbocycles. The van der Waals surface area contributed by atoms with Crippen molar-refractivity contribution in [1.82, 2.24) is 16.0 Å². The van der Waals surface area contributed by atoms with Gasteiger partial charge < -0.3 is 104 Å². The molecule has 6 fully saturated rings. The van der Waals surface area contributed by atoms with E-state index in [0.717, 1.165) is 27.7 Å². The van der Waals surface area contributed by atoms with Crippen LogP contribution in [-0.2, 0) is 105 Å². The van der Waals surface area contributed by atoms with Crippen LogP contribution in [0.25, 0.3) is 0 Å². The van der Waals surface area contributed by atoms with Crippen LogP contribution in [0.5, 0.6) is 0 Å². The van der Waals surface area contributed by atoms with E-state index in [-0.39, 0.29) is 83.8 Å². The van der Waals surface area contributed by atoms with Crippen molar-refractivity contribution in [3.8, 4) is 0 Å². The molecule has 2 unspecified atom stereocenters. The fourth-order valence-electron chi connectivity index (χ4n) is 21.3. The third-order valence-electron chi connectivity index (χ3n) is 28.1. The van der Waals surface area contributed by atoms with E-state index in [4.69, 9.17) is 67.7 Å². The first-order valence-corrected chi connectivity index (χ1v) is 45.3. The molecule has 35 heteroatoms. The van der Waals surface area contributed by atoms with Crippen molar-refractivity contribution in [3.63, 3.8) is 0 Å². The molecule has 22 atom stereocenters. The van der Waals surface area contributed by atoms with E-state index in [9.17, 15) is 78.0 Å². The highest BCUT2D eigenvalue weighted by molar-refractivity contribution is 5.99. The molecule has 6 aliphatic carbocycles. The van der Waals surface area contributed by atoms with Gasteiger partial charge in [-0.2, -0.15) is 0 Å². The van der Waals surface area contributed by atoms with E-state index in [0.29, 0.717) is 17.7 Å². The van der Waals surface area contributed by atoms with Crippen LogP contribution < -0.4 is 21.7 Å². The molecule has 0 aromatic heterocycles. The predicted octanol–water partition coefficient (Wildman–Crippen LogP) is 7.14. The quantitative estimate of drug-likeness (QED) is 0.0148. The number of hydrogen-bond donors (Lipinski definition) is 9. The monoisotopic (exact) mass is 1890 g/mol. The molecule has 2 heterocycles. The summed E-state index contributed by atoms with van der Waals surface area (Å²) >= 11 is 0. The van der Waals surface area contributed by atoms with Gasteiger partial charge in [0.1, 0.15) is 60.0 Å². The summed E-state index contributed by atoms with van der Waals surface area (Å²) in [6.45, 7) is 19.1. The van der Waals surface area contributed by atoms with Gasteiger partial charge in [-0.15, -0.1) is 0 Å². The number of carbonyl (C=O) groups is 14. The zero-order valence-electron chi connectivity index (χ0n) is 78.6. The largest absolute Gasteiger partial charge is 0.460 e. The van der Waals surface area contributed by atoms with E-state index < -0.39 is 244 Å². The normalized spacial score (nSPS) is 29.7. The highest BCUT2D eigenvalue weighted by atomic mass is 16.7. The molecule has 137 heavy (non-hydrogen) atoms. The number of ether oxygens (including phenoxy) is 12. The number of aliphatic hydroxyl groups excluding tert-OH is 3. The third kappa shape index (κ3) is 19.8. The Balaban J connectivity index is 0.000000239. The number of Topliss-reactive ketones (excluding diaryl/α,β-unsaturated/α-hetero) is 2. The van der Waals surface area contributed by atoms with Crippen LogP contribution in [0.2, 0.25) is 0 Å². The summed E-state index contributed by atoms with van der Waals surface area (Å²) < 4.78 is 73.6. The van der Waals surface area contributed by atoms with Gasteiger partial charge in [0.25, 0.3) is 11.8 Å². The van der Waals surface area contributed by atoms with E-state index >= 15 is 9.59 Å². The minimum atomic E-state index is -2.46. The van der Waals surface area contributed by atoms with Crippen LogP contribution in [0, 0.1) is 33.5 Å². The summed E-state index contributed by atoms with van der Waals surface area (Å²) in [7, 11) is 0. The fraction of sp³-hybridized carbons (Fsp3) is 0.471. The zero-order valence-corrected chi connectivity index (χ0v) is 78.6. The van der Waals surface area contributed by atoms with Crippen LogP contribution in [-0.4, -0.2) is 244 Å². The standard InChI is InChI=1S/C51H58N2O15.C49H54N2O15.C2H6O/c1-8-52-26-37(56)66-35-24-36-50(27-63-36,68-30(4)55)42-44(67-46(60)33-22-16-11-17-23-33)51(62)25-34(28(2)38(48(51,5)6)41(64-29(3)54)43(58)49(35,42)7)65-47(61)40(57)39(31-18-12-9-13-19-31)53-45(59)32-20-14-10-15-21-32;1-26-32(63-45(59)38(55)37(29-16-10-7-11-17-29)51-43(57)30-18-12-8-13-19-30)23-49(60)42(65-44(58)31-20-14-9-15-21-31)40-47(6,41(56)39(62-27(2)52)36(26)46(49,4)5)33(64-35(54)24-50)22-34-48(40,25-61-34)66-28(3)53;1-2-3/h9-23,34-36,39-42,44,52,57,62H,8,24-27H2,1-7H3,(H,53,59);7-21,32-34,37-40,42,55,60H,22-25,50H2,1-6H3,(H,51,57);3H,2H2,1H3/t34-,35-,36?,39-,40+,41+,42-,44-,49+,50-,51+;32-,33-,34?,37-,38+,39+,40-,42-,47+,48-,49+;/m00./s1. The predicted molar refractivity (Wildman–Crippen MR) is 483 cm³/mol. The number of hydrogen-bond acceptors (Lipinski definition) is 33. The Bertz CT molecular complexity index is 5590. The van der Waals surface area contributed by atoms with Crippen LogP contribution in [0.3, 0.4) is 0 Å². The van der Waals surface area contributed by atoms with Gasteiger partial charge in [0.2, 0.25) is 0 Å². The first kappa shape index (κ1) is 103. The number of rotatable bonds is 26. The molecule has 0 spiro atoms. The molecule has 2 saturated heterocycles. The second-order valence-corrected chi connectivity index (χ2v) is 36.9. The van der Waals surface area contributed by atoms with Crippen LogP contribution in [0.15, 0.2) is 204 Å². The number of esters is 10. The molecular weight excluding hydrogens is 1780 g/mol. The molecular formula is C102H118N4O31. The van der Waals surface area contributed by atoms with Crippen LogP contribution in [0.4, 0.5) is 0 Å². The molecule has 4 saturated carbocycles. The lowest BCUT2D eigenvalue weighted by atomic mass is 9.44. The van der Waals surface area contributed by atoms with Gasteiger partial charge >= 0.3 is 59.7 Å². The first-order chi connectivity index (χ1) is 64.8. The summed E-state index contributed by atoms with van der Waals surface area (Å²) in [6, 6.07) is 45.6. The van der Waals surface area contributed by atoms with E-state index in [1.165, 1.54) is 52.0 Å². The lowest BCUT2D eigenvalue weighted by Crippen LogP contribution is -2.82. The molecule has 14 rings (SSSR count). The van der Waals surface area contributed by atoms with Crippen molar-refractivity contribution in [3.05, 3.63) is 238 Å². The number of fused-ring (bicyclic) bond motifs is 10. The van der Waals surface area contributed by atoms with Crippen LogP contribution >= 0.6 is 0 Å². The van der Waals surface area contributed by atoms with Crippen molar-refractivity contribution in [2.24, 2.45) is 39.2 Å². The van der Waals surface area contributed by atoms with E-state index in [2.05, 4.69) is 16.0 Å². The highest BCUT2D eigenvalue weighted by Crippen LogP contribution is 2.68. The average molecular weight is 1900 g/mol. The molecule has 35 nitrogen and oxygen atoms in total. The van der Waals surface area contributed by atoms with Gasteiger partial charge in [-0.05, 0) is 123 Å². The third-order valence-corrected chi connectivity index (χ3v) is 28.1. The number of nitrogens with one attached hydrogen (secondary N) is 3. The topological polar surface area (TPSA) is 513 Å². The molecule has 732 valence electrons. The molecule has 8 aliphatic rings. The Morgan fingerprint density at radius 2 is 0.759 bits per heavy atom. The number of carbonyl (C=O) groups excluding carboxylic acids is 14. The lowest BCUT2D eigenvalue weighted by Gasteiger charge is -2.67. The molecule has 0 radical (unpaired) electrons. The highest BCUT2D eigenvalue weighted by Gasteiger charge is 2.82. The maximum absolute atomic E-state index is 16.0. The SMILES string of the molecule is CC(=O)O[C@H]1C(=O)[C@]2(C)[C@@H](OC(=O)CN)CC3OC[C@@]3(OC(C)=O)[C@H]2[C@H](OC(=O)c2ccccc2)[C@]2(O)C[C@H](OC(=O)[C@H](O)[C@@H](NC(=O)c3ccccc3)c3ccccc3)C(C)=C1C2(C)C.CCNCC(=O)O[C@H]1CC2OC[C@@]2(OC(C)=O)[C@H]2[C@H](OC(=O)c3ccccc3)[C@]3(O)C[C@H](OC(=O)[C@H](O)[C@@H](NC(=O)c4ccccc4)c4ccccc4)C(C)=C([C@@H](OC(C)=O)C(=O)[C@]12C)C3(C)C.CCO. The second kappa shape index (κ2) is 41.8. The van der Waals surface area contributed by atoms with Gasteiger partial charge in [0, 0.05) is 81.9 Å². The molecule has 10 N–H and O–H groups in total. The maximum Gasteiger partial charge on any atom is 0.338 e. The minimum Gasteiger partial charge on any atom is -0.460 e. The Morgan fingerprint density at radius 1 is 0.445 bits per heavy atom. The lowest BCUT2D eigenvalue weighted by molar-refractivity contribution is -0.346. The zero-order chi connectivity index (χ0) is 100.0. The number of amides is 2. The fourth-order valence-corrected chi connectivity index (χ4v) is 21.3. The number of aliphatic hydroxyl groups is 5. The molecule has 6 aromatic rings. The van der Waals surface area contributed by atoms with Gasteiger partial charge in [-0.1, -0.05) is 168 Å². The Labute approximate surface area is 791 Å². The average Bonchev–Trinajstić information content (AvgIpc) is 0.669. The van der Waals surface area contributed by atoms with E-state index in [1.54, 1.807) is 199 Å². The second-order valence-electron chi connectivity index (χ2n) is 36.9. The van der Waals surface area contributed by atoms with Crippen molar-refractivity contribution < 1.29 is 149 Å². The van der Waals surface area contributed by atoms with Gasteiger partial charge in [0.15, 0.2) is 47.2 Å². The van der Waals surface area contributed by atoms with E-state index in [1.807, 2.05) is 0 Å². The van der Waals surface area contributed by atoms with Crippen molar-refractivity contribution in [2.45, 2.75) is 230 Å². The molecule has 2 amide bonds. The summed E-state index contributed by atoms with van der Waals surface area (Å²) in [6.07, 6.45) is -21.4. The molecule has 2 aliphatic heterocycles. The molecule has 4 bridgehead atoms. The number of benzene rings is 6. The van der Waals surface area contributed by atoms with Crippen molar-refractivity contribution in [2.75, 3.05) is 39.5 Å². The number of ketones is 2. The van der Waals surface area contributed by atoms with Gasteiger partial charge in [-0.3, -0.25) is 47.9 Å². The Hall–Kier alpha value is -12.6. The van der Waals surface area contributed by atoms with Crippen molar-refractivity contribution >= 4 is 83.1 Å². The summed E-state index contributed by atoms with van der Waals surface area (Å²) in [5.41, 5.74) is -9.03. The Morgan fingerprint density at radius 3 is 1.05 bits per heavy atom. The summed E-state index contributed by atoms with van der Waals surface area (Å²) in [4.78, 5) is 196. The van der Waals surface area contributed by atoms with Gasteiger partial charge in [0.05, 0.1) is 72.2 Å².